The highest BCUT2D eigenvalue weighted by atomic mass is 32.1. The number of H-pyrrole nitrogens is 1. The first kappa shape index (κ1) is 25.7. The summed E-state index contributed by atoms with van der Waals surface area (Å²) in [6.45, 7) is 0.242. The van der Waals surface area contributed by atoms with Crippen molar-refractivity contribution in [3.05, 3.63) is 118 Å². The number of hydrogen-bond donors (Lipinski definition) is 5. The second kappa shape index (κ2) is 11.7. The lowest BCUT2D eigenvalue weighted by Gasteiger charge is -2.18. The van der Waals surface area contributed by atoms with E-state index in [9.17, 15) is 14.4 Å². The van der Waals surface area contributed by atoms with Gasteiger partial charge in [0.25, 0.3) is 11.8 Å². The average Bonchev–Trinajstić information content (AvgIpc) is 3.64. The van der Waals surface area contributed by atoms with E-state index in [1.807, 2.05) is 35.8 Å². The number of thiophene rings is 1. The van der Waals surface area contributed by atoms with Crippen LogP contribution in [0.4, 0.5) is 11.4 Å². The van der Waals surface area contributed by atoms with Gasteiger partial charge in [-0.15, -0.1) is 11.3 Å². The molecule has 0 bridgehead atoms. The maximum Gasteiger partial charge on any atom is 0.262 e. The van der Waals surface area contributed by atoms with Gasteiger partial charge in [-0.2, -0.15) is 0 Å². The molecule has 0 saturated carbocycles. The van der Waals surface area contributed by atoms with Crippen molar-refractivity contribution in [2.45, 2.75) is 19.0 Å². The predicted molar refractivity (Wildman–Crippen MR) is 155 cm³/mol. The van der Waals surface area contributed by atoms with Gasteiger partial charge in [0.2, 0.25) is 5.91 Å². The minimum Gasteiger partial charge on any atom is -0.397 e. The van der Waals surface area contributed by atoms with Crippen LogP contribution in [0.1, 0.15) is 31.2 Å². The maximum atomic E-state index is 13.3. The van der Waals surface area contributed by atoms with Gasteiger partial charge in [-0.3, -0.25) is 14.4 Å². The van der Waals surface area contributed by atoms with Crippen molar-refractivity contribution < 1.29 is 14.4 Å². The van der Waals surface area contributed by atoms with Crippen molar-refractivity contribution in [1.82, 2.24) is 15.6 Å². The highest BCUT2D eigenvalue weighted by molar-refractivity contribution is 7.12. The quantitative estimate of drug-likeness (QED) is 0.174. The number of aromatic amines is 1. The molecule has 39 heavy (non-hydrogen) atoms. The molecule has 3 aromatic carbocycles. The zero-order valence-corrected chi connectivity index (χ0v) is 21.8. The Morgan fingerprint density at radius 1 is 0.872 bits per heavy atom. The van der Waals surface area contributed by atoms with Crippen LogP contribution < -0.4 is 21.7 Å². The smallest absolute Gasteiger partial charge is 0.262 e. The number of rotatable bonds is 9. The normalized spacial score (nSPS) is 11.6. The first-order valence-corrected chi connectivity index (χ1v) is 13.3. The van der Waals surface area contributed by atoms with E-state index in [-0.39, 0.29) is 24.3 Å². The molecule has 6 N–H and O–H groups in total. The Labute approximate surface area is 229 Å². The molecule has 3 amide bonds. The molecular formula is C30H27N5O3S. The molecule has 2 heterocycles. The van der Waals surface area contributed by atoms with Crippen LogP contribution in [-0.2, 0) is 17.8 Å². The van der Waals surface area contributed by atoms with E-state index in [4.69, 9.17) is 5.73 Å². The van der Waals surface area contributed by atoms with Gasteiger partial charge in [0.15, 0.2) is 0 Å². The van der Waals surface area contributed by atoms with Gasteiger partial charge in [-0.1, -0.05) is 48.5 Å². The SMILES string of the molecule is Nc1ccccc1NC(=O)c1ccc(CNC(=O)[C@H](Cc2c[nH]c3ccccc23)NC(=O)c2cccs2)cc1. The number of carbonyl (C=O) groups is 3. The Balaban J connectivity index is 1.25. The zero-order chi connectivity index (χ0) is 27.2. The first-order chi connectivity index (χ1) is 19.0. The Morgan fingerprint density at radius 3 is 2.41 bits per heavy atom. The summed E-state index contributed by atoms with van der Waals surface area (Å²) in [5, 5.41) is 11.4. The highest BCUT2D eigenvalue weighted by Crippen LogP contribution is 2.20. The highest BCUT2D eigenvalue weighted by Gasteiger charge is 2.23. The summed E-state index contributed by atoms with van der Waals surface area (Å²) in [6, 6.07) is 24.6. The number of nitrogen functional groups attached to an aromatic ring is 1. The molecule has 196 valence electrons. The van der Waals surface area contributed by atoms with Crippen LogP contribution in [0.5, 0.6) is 0 Å². The third-order valence-corrected chi connectivity index (χ3v) is 7.23. The number of para-hydroxylation sites is 3. The third kappa shape index (κ3) is 6.16. The Kier molecular flexibility index (Phi) is 7.70. The topological polar surface area (TPSA) is 129 Å². The fraction of sp³-hybridized carbons (Fsp3) is 0.100. The summed E-state index contributed by atoms with van der Waals surface area (Å²) >= 11 is 1.32. The molecule has 9 heteroatoms. The molecule has 0 saturated heterocycles. The summed E-state index contributed by atoms with van der Waals surface area (Å²) < 4.78 is 0. The van der Waals surface area contributed by atoms with Gasteiger partial charge in [0.1, 0.15) is 6.04 Å². The van der Waals surface area contributed by atoms with E-state index < -0.39 is 6.04 Å². The monoisotopic (exact) mass is 537 g/mol. The molecule has 5 rings (SSSR count). The Morgan fingerprint density at radius 2 is 1.64 bits per heavy atom. The molecule has 0 fully saturated rings. The minimum absolute atomic E-state index is 0.242. The van der Waals surface area contributed by atoms with Crippen LogP contribution in [-0.4, -0.2) is 28.7 Å². The fourth-order valence-corrected chi connectivity index (χ4v) is 4.89. The third-order valence-electron chi connectivity index (χ3n) is 6.36. The van der Waals surface area contributed by atoms with Crippen molar-refractivity contribution in [3.8, 4) is 0 Å². The van der Waals surface area contributed by atoms with E-state index in [1.54, 1.807) is 60.7 Å². The van der Waals surface area contributed by atoms with E-state index in [0.717, 1.165) is 22.0 Å². The molecule has 5 aromatic rings. The van der Waals surface area contributed by atoms with Crippen molar-refractivity contribution in [2.75, 3.05) is 11.1 Å². The number of nitrogens with two attached hydrogens (primary N) is 1. The molecule has 0 spiro atoms. The number of carbonyl (C=O) groups excluding carboxylic acids is 3. The number of anilines is 2. The first-order valence-electron chi connectivity index (χ1n) is 12.4. The molecule has 1 atom stereocenters. The van der Waals surface area contributed by atoms with Crippen molar-refractivity contribution >= 4 is 51.3 Å². The van der Waals surface area contributed by atoms with Crippen LogP contribution >= 0.6 is 11.3 Å². The van der Waals surface area contributed by atoms with E-state index in [0.29, 0.717) is 28.2 Å². The maximum absolute atomic E-state index is 13.3. The fourth-order valence-electron chi connectivity index (χ4n) is 4.26. The van der Waals surface area contributed by atoms with Crippen molar-refractivity contribution in [2.24, 2.45) is 0 Å². The van der Waals surface area contributed by atoms with Crippen molar-refractivity contribution in [1.29, 1.82) is 0 Å². The average molecular weight is 538 g/mol. The van der Waals surface area contributed by atoms with Gasteiger partial charge in [0, 0.05) is 35.6 Å². The van der Waals surface area contributed by atoms with E-state index in [2.05, 4.69) is 20.9 Å². The summed E-state index contributed by atoms with van der Waals surface area (Å²) in [5.74, 6) is -0.871. The minimum atomic E-state index is -0.778. The molecule has 0 radical (unpaired) electrons. The van der Waals surface area contributed by atoms with E-state index >= 15 is 0 Å². The van der Waals surface area contributed by atoms with Crippen molar-refractivity contribution in [3.63, 3.8) is 0 Å². The van der Waals surface area contributed by atoms with Gasteiger partial charge in [0.05, 0.1) is 16.3 Å². The zero-order valence-electron chi connectivity index (χ0n) is 20.9. The summed E-state index contributed by atoms with van der Waals surface area (Å²) in [6.07, 6.45) is 2.20. The second-order valence-corrected chi connectivity index (χ2v) is 9.97. The largest absolute Gasteiger partial charge is 0.397 e. The number of aromatic nitrogens is 1. The lowest BCUT2D eigenvalue weighted by molar-refractivity contribution is -0.123. The molecule has 8 nitrogen and oxygen atoms in total. The molecule has 0 aliphatic heterocycles. The standard InChI is InChI=1S/C30H27N5O3S/c31-23-7-2-4-9-25(23)34-28(36)20-13-11-19(12-14-20)17-33-29(37)26(35-30(38)27-10-5-15-39-27)16-21-18-32-24-8-3-1-6-22(21)24/h1-15,18,26,32H,16-17,31H2,(H,33,37)(H,34,36)(H,35,38)/t26-/m0/s1. The Bertz CT molecular complexity index is 1610. The number of fused-ring (bicyclic) bond motifs is 1. The van der Waals surface area contributed by atoms with Crippen LogP contribution in [0.3, 0.4) is 0 Å². The molecule has 0 unspecified atom stereocenters. The summed E-state index contributed by atoms with van der Waals surface area (Å²) in [7, 11) is 0. The second-order valence-electron chi connectivity index (χ2n) is 9.02. The van der Waals surface area contributed by atoms with Crippen LogP contribution in [0.2, 0.25) is 0 Å². The van der Waals surface area contributed by atoms with E-state index in [1.165, 1.54) is 11.3 Å². The van der Waals surface area contributed by atoms with Gasteiger partial charge < -0.3 is 26.7 Å². The Hall–Kier alpha value is -4.89. The summed E-state index contributed by atoms with van der Waals surface area (Å²) in [5.41, 5.74) is 10.1. The lowest BCUT2D eigenvalue weighted by Crippen LogP contribution is -2.47. The van der Waals surface area contributed by atoms with Gasteiger partial charge >= 0.3 is 0 Å². The number of amides is 3. The lowest BCUT2D eigenvalue weighted by atomic mass is 10.0. The molecule has 2 aromatic heterocycles. The van der Waals surface area contributed by atoms with Crippen LogP contribution in [0.25, 0.3) is 10.9 Å². The molecule has 0 aliphatic rings. The molecule has 0 aliphatic carbocycles. The number of benzene rings is 3. The number of hydrogen-bond acceptors (Lipinski definition) is 5. The van der Waals surface area contributed by atoms with Gasteiger partial charge in [-0.05, 0) is 52.9 Å². The summed E-state index contributed by atoms with van der Waals surface area (Å²) in [4.78, 5) is 42.5. The predicted octanol–water partition coefficient (Wildman–Crippen LogP) is 4.72. The van der Waals surface area contributed by atoms with Crippen LogP contribution in [0, 0.1) is 0 Å². The van der Waals surface area contributed by atoms with Gasteiger partial charge in [-0.25, -0.2) is 0 Å². The number of nitrogens with one attached hydrogen (secondary N) is 4. The van der Waals surface area contributed by atoms with Crippen LogP contribution in [0.15, 0.2) is 96.5 Å². The molecular weight excluding hydrogens is 510 g/mol.